The van der Waals surface area contributed by atoms with E-state index in [9.17, 15) is 9.90 Å². The highest BCUT2D eigenvalue weighted by atomic mass is 16.7. The van der Waals surface area contributed by atoms with E-state index in [2.05, 4.69) is 11.5 Å². The molecule has 5 nitrogen and oxygen atoms in total. The molecule has 0 unspecified atom stereocenters. The molecule has 1 N–H and O–H groups in total. The summed E-state index contributed by atoms with van der Waals surface area (Å²) in [7, 11) is 0. The van der Waals surface area contributed by atoms with Gasteiger partial charge in [0.2, 0.25) is 0 Å². The van der Waals surface area contributed by atoms with Crippen LogP contribution < -0.4 is 0 Å². The van der Waals surface area contributed by atoms with Crippen LogP contribution in [0.5, 0.6) is 0 Å². The van der Waals surface area contributed by atoms with Crippen molar-refractivity contribution in [2.45, 2.75) is 51.4 Å². The van der Waals surface area contributed by atoms with Crippen LogP contribution >= 0.6 is 0 Å². The number of hydrogen-bond acceptors (Lipinski definition) is 3. The molecule has 4 rings (SSSR count). The standard InChI is InChI=1S/C20H25NO4/c1-13(15-7-9-20(10-8-15)24-11-12-25-20)21-14(2)18(19(22)23)16-5-3-4-6-17(16)21/h3-6,13,15H,7-12H2,1-2H3,(H,22,23)/t13-/m1/s1. The number of aromatic nitrogens is 1. The van der Waals surface area contributed by atoms with Crippen LogP contribution in [0.15, 0.2) is 24.3 Å². The Morgan fingerprint density at radius 2 is 1.88 bits per heavy atom. The molecule has 2 aromatic rings. The Labute approximate surface area is 147 Å². The van der Waals surface area contributed by atoms with E-state index >= 15 is 0 Å². The number of carboxylic acids is 1. The Hall–Kier alpha value is -1.85. The molecule has 1 aliphatic carbocycles. The largest absolute Gasteiger partial charge is 0.478 e. The summed E-state index contributed by atoms with van der Waals surface area (Å²) < 4.78 is 13.9. The molecule has 2 fully saturated rings. The zero-order chi connectivity index (χ0) is 17.6. The van der Waals surface area contributed by atoms with Gasteiger partial charge in [0.25, 0.3) is 0 Å². The highest BCUT2D eigenvalue weighted by molar-refractivity contribution is 6.05. The fourth-order valence-electron chi connectivity index (χ4n) is 4.74. The Balaban J connectivity index is 1.66. The van der Waals surface area contributed by atoms with Gasteiger partial charge in [-0.25, -0.2) is 4.79 Å². The van der Waals surface area contributed by atoms with Crippen LogP contribution in [0.3, 0.4) is 0 Å². The molecule has 0 amide bonds. The summed E-state index contributed by atoms with van der Waals surface area (Å²) >= 11 is 0. The van der Waals surface area contributed by atoms with Crippen molar-refractivity contribution in [2.24, 2.45) is 5.92 Å². The highest BCUT2D eigenvalue weighted by Crippen LogP contribution is 2.43. The molecule has 2 heterocycles. The van der Waals surface area contributed by atoms with Crippen molar-refractivity contribution >= 4 is 16.9 Å². The number of ether oxygens (including phenoxy) is 2. The Morgan fingerprint density at radius 3 is 2.52 bits per heavy atom. The summed E-state index contributed by atoms with van der Waals surface area (Å²) in [6.45, 7) is 5.53. The zero-order valence-electron chi connectivity index (χ0n) is 14.8. The average Bonchev–Trinajstić information content (AvgIpc) is 3.16. The Kier molecular flexibility index (Phi) is 4.08. The number of para-hydroxylation sites is 1. The topological polar surface area (TPSA) is 60.7 Å². The third-order valence-electron chi connectivity index (χ3n) is 6.07. The van der Waals surface area contributed by atoms with Crippen LogP contribution in [0.2, 0.25) is 0 Å². The lowest BCUT2D eigenvalue weighted by Gasteiger charge is -2.38. The summed E-state index contributed by atoms with van der Waals surface area (Å²) in [5.41, 5.74) is 2.28. The molecule has 1 atom stereocenters. The number of rotatable bonds is 3. The van der Waals surface area contributed by atoms with E-state index in [1.807, 2.05) is 31.2 Å². The lowest BCUT2D eigenvalue weighted by molar-refractivity contribution is -0.184. The fourth-order valence-corrected chi connectivity index (χ4v) is 4.74. The molecule has 1 saturated heterocycles. The van der Waals surface area contributed by atoms with E-state index in [4.69, 9.17) is 9.47 Å². The zero-order valence-corrected chi connectivity index (χ0v) is 14.8. The SMILES string of the molecule is Cc1c(C(=O)O)c2ccccc2n1[C@H](C)C1CCC2(CC1)OCCO2. The van der Waals surface area contributed by atoms with Gasteiger partial charge in [-0.05, 0) is 38.7 Å². The first-order valence-electron chi connectivity index (χ1n) is 9.13. The van der Waals surface area contributed by atoms with Crippen LogP contribution in [-0.2, 0) is 9.47 Å². The van der Waals surface area contributed by atoms with Crippen molar-refractivity contribution in [1.82, 2.24) is 4.57 Å². The normalized spacial score (nSPS) is 21.8. The third kappa shape index (κ3) is 2.66. The van der Waals surface area contributed by atoms with Gasteiger partial charge in [-0.3, -0.25) is 0 Å². The number of carbonyl (C=O) groups is 1. The van der Waals surface area contributed by atoms with Gasteiger partial charge in [-0.15, -0.1) is 0 Å². The minimum atomic E-state index is -0.852. The molecule has 1 aliphatic heterocycles. The van der Waals surface area contributed by atoms with E-state index in [-0.39, 0.29) is 11.8 Å². The maximum atomic E-state index is 11.8. The minimum absolute atomic E-state index is 0.247. The van der Waals surface area contributed by atoms with Gasteiger partial charge >= 0.3 is 5.97 Å². The van der Waals surface area contributed by atoms with Crippen molar-refractivity contribution in [3.63, 3.8) is 0 Å². The fraction of sp³-hybridized carbons (Fsp3) is 0.550. The predicted octanol–water partition coefficient (Wildman–Crippen LogP) is 4.14. The predicted molar refractivity (Wildman–Crippen MR) is 94.9 cm³/mol. The number of fused-ring (bicyclic) bond motifs is 1. The quantitative estimate of drug-likeness (QED) is 0.910. The van der Waals surface area contributed by atoms with Crippen LogP contribution in [0.1, 0.15) is 54.7 Å². The second kappa shape index (κ2) is 6.15. The lowest BCUT2D eigenvalue weighted by Crippen LogP contribution is -2.37. The third-order valence-corrected chi connectivity index (χ3v) is 6.07. The molecule has 0 radical (unpaired) electrons. The van der Waals surface area contributed by atoms with E-state index < -0.39 is 5.97 Å². The molecule has 2 aliphatic rings. The summed E-state index contributed by atoms with van der Waals surface area (Å²) in [5, 5.41) is 10.5. The molecule has 1 spiro atoms. The van der Waals surface area contributed by atoms with E-state index in [0.29, 0.717) is 24.7 Å². The maximum absolute atomic E-state index is 11.8. The lowest BCUT2D eigenvalue weighted by atomic mass is 9.81. The molecule has 1 saturated carbocycles. The second-order valence-corrected chi connectivity index (χ2v) is 7.34. The van der Waals surface area contributed by atoms with Gasteiger partial charge in [-0.2, -0.15) is 0 Å². The van der Waals surface area contributed by atoms with Crippen LogP contribution in [-0.4, -0.2) is 34.6 Å². The van der Waals surface area contributed by atoms with Gasteiger partial charge < -0.3 is 19.1 Å². The Bertz CT molecular complexity index is 793. The first-order chi connectivity index (χ1) is 12.0. The van der Waals surface area contributed by atoms with Crippen LogP contribution in [0.25, 0.3) is 10.9 Å². The molecule has 5 heteroatoms. The maximum Gasteiger partial charge on any atom is 0.338 e. The van der Waals surface area contributed by atoms with Gasteiger partial charge in [-0.1, -0.05) is 18.2 Å². The van der Waals surface area contributed by atoms with E-state index in [1.165, 1.54) is 0 Å². The van der Waals surface area contributed by atoms with Gasteiger partial charge in [0.1, 0.15) is 0 Å². The number of benzene rings is 1. The minimum Gasteiger partial charge on any atom is -0.478 e. The summed E-state index contributed by atoms with van der Waals surface area (Å²) in [4.78, 5) is 11.8. The van der Waals surface area contributed by atoms with Crippen LogP contribution in [0.4, 0.5) is 0 Å². The van der Waals surface area contributed by atoms with E-state index in [1.54, 1.807) is 0 Å². The molecule has 0 bridgehead atoms. The Morgan fingerprint density at radius 1 is 1.24 bits per heavy atom. The summed E-state index contributed by atoms with van der Waals surface area (Å²) in [5.74, 6) is -0.708. The number of nitrogens with zero attached hydrogens (tertiary/aromatic N) is 1. The molecule has 134 valence electrons. The molecular weight excluding hydrogens is 318 g/mol. The van der Waals surface area contributed by atoms with Gasteiger partial charge in [0, 0.05) is 35.5 Å². The first-order valence-corrected chi connectivity index (χ1v) is 9.13. The highest BCUT2D eigenvalue weighted by Gasteiger charge is 2.42. The monoisotopic (exact) mass is 343 g/mol. The molecule has 25 heavy (non-hydrogen) atoms. The molecular formula is C20H25NO4. The van der Waals surface area contributed by atoms with E-state index in [0.717, 1.165) is 42.3 Å². The van der Waals surface area contributed by atoms with Gasteiger partial charge in [0.05, 0.1) is 18.8 Å². The molecule has 1 aromatic carbocycles. The summed E-state index contributed by atoms with van der Waals surface area (Å²) in [6, 6.07) is 8.07. The average molecular weight is 343 g/mol. The smallest absolute Gasteiger partial charge is 0.338 e. The molecule has 1 aromatic heterocycles. The summed E-state index contributed by atoms with van der Waals surface area (Å²) in [6.07, 6.45) is 3.92. The van der Waals surface area contributed by atoms with Crippen molar-refractivity contribution in [3.8, 4) is 0 Å². The van der Waals surface area contributed by atoms with Crippen LogP contribution in [0, 0.1) is 12.8 Å². The van der Waals surface area contributed by atoms with Crippen molar-refractivity contribution in [1.29, 1.82) is 0 Å². The number of carboxylic acid groups (broad SMARTS) is 1. The second-order valence-electron chi connectivity index (χ2n) is 7.34. The first kappa shape index (κ1) is 16.6. The van der Waals surface area contributed by atoms with Crippen molar-refractivity contribution in [2.75, 3.05) is 13.2 Å². The van der Waals surface area contributed by atoms with Crippen molar-refractivity contribution < 1.29 is 19.4 Å². The van der Waals surface area contributed by atoms with Gasteiger partial charge in [0.15, 0.2) is 5.79 Å². The number of hydrogen-bond donors (Lipinski definition) is 1. The number of aromatic carboxylic acids is 1. The van der Waals surface area contributed by atoms with Crippen molar-refractivity contribution in [3.05, 3.63) is 35.5 Å².